The van der Waals surface area contributed by atoms with E-state index in [4.69, 9.17) is 16.2 Å². The summed E-state index contributed by atoms with van der Waals surface area (Å²) in [6.07, 6.45) is 4.32. The van der Waals surface area contributed by atoms with Crippen molar-refractivity contribution >= 4 is 22.7 Å². The lowest BCUT2D eigenvalue weighted by atomic mass is 10.2. The van der Waals surface area contributed by atoms with Gasteiger partial charge in [-0.15, -0.1) is 0 Å². The Labute approximate surface area is 121 Å². The van der Waals surface area contributed by atoms with Crippen molar-refractivity contribution in [2.75, 3.05) is 18.1 Å². The summed E-state index contributed by atoms with van der Waals surface area (Å²) < 4.78 is 5.82. The number of benzene rings is 1. The molecule has 0 radical (unpaired) electrons. The van der Waals surface area contributed by atoms with Crippen LogP contribution in [0.25, 0.3) is 10.9 Å². The van der Waals surface area contributed by atoms with Gasteiger partial charge in [0.2, 0.25) is 5.95 Å². The maximum absolute atomic E-state index is 5.92. The fraction of sp³-hybridized carbons (Fsp3) is 0.133. The zero-order chi connectivity index (χ0) is 14.7. The van der Waals surface area contributed by atoms with Crippen LogP contribution in [0.3, 0.4) is 0 Å². The van der Waals surface area contributed by atoms with Crippen molar-refractivity contribution in [3.63, 3.8) is 0 Å². The van der Waals surface area contributed by atoms with Gasteiger partial charge in [-0.2, -0.15) is 4.98 Å². The lowest BCUT2D eigenvalue weighted by Crippen LogP contribution is -2.05. The van der Waals surface area contributed by atoms with E-state index in [-0.39, 0.29) is 5.95 Å². The maximum atomic E-state index is 5.92. The number of anilines is 2. The Kier molecular flexibility index (Phi) is 3.51. The van der Waals surface area contributed by atoms with Crippen LogP contribution in [0.2, 0.25) is 0 Å². The number of nitrogens with two attached hydrogens (primary N) is 2. The highest BCUT2D eigenvalue weighted by Crippen LogP contribution is 2.29. The second kappa shape index (κ2) is 5.62. The zero-order valence-corrected chi connectivity index (χ0v) is 11.4. The van der Waals surface area contributed by atoms with E-state index in [0.717, 1.165) is 6.42 Å². The average Bonchev–Trinajstić information content (AvgIpc) is 2.48. The van der Waals surface area contributed by atoms with Crippen LogP contribution in [0, 0.1) is 0 Å². The van der Waals surface area contributed by atoms with Gasteiger partial charge in [-0.3, -0.25) is 4.98 Å². The van der Waals surface area contributed by atoms with E-state index < -0.39 is 0 Å². The second-order valence-corrected chi connectivity index (χ2v) is 4.57. The Morgan fingerprint density at radius 2 is 1.81 bits per heavy atom. The van der Waals surface area contributed by atoms with Crippen LogP contribution in [0.1, 0.15) is 5.56 Å². The summed E-state index contributed by atoms with van der Waals surface area (Å²) in [5.41, 5.74) is 13.4. The first-order chi connectivity index (χ1) is 10.2. The number of hydrogen-bond donors (Lipinski definition) is 2. The highest BCUT2D eigenvalue weighted by Gasteiger charge is 2.09. The quantitative estimate of drug-likeness (QED) is 0.756. The minimum atomic E-state index is 0.161. The average molecular weight is 281 g/mol. The number of nitrogens with zero attached hydrogens (tertiary/aromatic N) is 3. The lowest BCUT2D eigenvalue weighted by molar-refractivity contribution is 0.326. The van der Waals surface area contributed by atoms with Gasteiger partial charge in [0, 0.05) is 18.8 Å². The van der Waals surface area contributed by atoms with Gasteiger partial charge >= 0.3 is 0 Å². The molecular formula is C15H15N5O. The first-order valence-corrected chi connectivity index (χ1v) is 6.57. The van der Waals surface area contributed by atoms with Gasteiger partial charge in [-0.1, -0.05) is 6.07 Å². The SMILES string of the molecule is Nc1nc(N)c2c(OCCc3ccncc3)cccc2n1. The van der Waals surface area contributed by atoms with Gasteiger partial charge in [0.15, 0.2) is 0 Å². The molecule has 0 aliphatic rings. The van der Waals surface area contributed by atoms with Gasteiger partial charge in [-0.25, -0.2) is 4.98 Å². The highest BCUT2D eigenvalue weighted by molar-refractivity contribution is 5.94. The van der Waals surface area contributed by atoms with E-state index >= 15 is 0 Å². The van der Waals surface area contributed by atoms with Crippen LogP contribution in [0.15, 0.2) is 42.7 Å². The molecule has 1 aromatic carbocycles. The van der Waals surface area contributed by atoms with Crippen LogP contribution in [0.5, 0.6) is 5.75 Å². The molecule has 3 aromatic rings. The minimum Gasteiger partial charge on any atom is -0.492 e. The molecule has 2 heterocycles. The Balaban J connectivity index is 1.81. The third kappa shape index (κ3) is 2.84. The van der Waals surface area contributed by atoms with Gasteiger partial charge < -0.3 is 16.2 Å². The lowest BCUT2D eigenvalue weighted by Gasteiger charge is -2.10. The molecule has 6 nitrogen and oxygen atoms in total. The van der Waals surface area contributed by atoms with Gasteiger partial charge in [0.25, 0.3) is 0 Å². The monoisotopic (exact) mass is 281 g/mol. The molecule has 0 aliphatic carbocycles. The number of ether oxygens (including phenoxy) is 1. The van der Waals surface area contributed by atoms with E-state index in [1.54, 1.807) is 12.4 Å². The fourth-order valence-electron chi connectivity index (χ4n) is 2.15. The Morgan fingerprint density at radius 3 is 2.62 bits per heavy atom. The Bertz CT molecular complexity index is 761. The molecular weight excluding hydrogens is 266 g/mol. The first-order valence-electron chi connectivity index (χ1n) is 6.57. The van der Waals surface area contributed by atoms with E-state index in [9.17, 15) is 0 Å². The summed E-state index contributed by atoms with van der Waals surface area (Å²) in [6, 6.07) is 9.47. The standard InChI is InChI=1S/C15H15N5O/c16-14-13-11(19-15(17)20-14)2-1-3-12(13)21-9-6-10-4-7-18-8-5-10/h1-5,7-8H,6,9H2,(H4,16,17,19,20). The number of pyridine rings is 1. The van der Waals surface area contributed by atoms with Crippen LogP contribution in [-0.4, -0.2) is 21.6 Å². The fourth-order valence-corrected chi connectivity index (χ4v) is 2.15. The van der Waals surface area contributed by atoms with Crippen LogP contribution >= 0.6 is 0 Å². The summed E-state index contributed by atoms with van der Waals surface area (Å²) >= 11 is 0. The van der Waals surface area contributed by atoms with Crippen LogP contribution < -0.4 is 16.2 Å². The summed E-state index contributed by atoms with van der Waals surface area (Å²) in [7, 11) is 0. The third-order valence-corrected chi connectivity index (χ3v) is 3.13. The molecule has 0 aliphatic heterocycles. The van der Waals surface area contributed by atoms with Gasteiger partial charge in [0.05, 0.1) is 17.5 Å². The Morgan fingerprint density at radius 1 is 1.00 bits per heavy atom. The van der Waals surface area contributed by atoms with Crippen molar-refractivity contribution < 1.29 is 4.74 Å². The normalized spacial score (nSPS) is 10.7. The minimum absolute atomic E-state index is 0.161. The molecule has 0 fully saturated rings. The van der Waals surface area contributed by atoms with Crippen molar-refractivity contribution in [3.8, 4) is 5.75 Å². The van der Waals surface area contributed by atoms with Crippen molar-refractivity contribution in [3.05, 3.63) is 48.3 Å². The molecule has 3 rings (SSSR count). The smallest absolute Gasteiger partial charge is 0.222 e. The number of fused-ring (bicyclic) bond motifs is 1. The van der Waals surface area contributed by atoms with Crippen molar-refractivity contribution in [2.24, 2.45) is 0 Å². The number of nitrogen functional groups attached to an aromatic ring is 2. The topological polar surface area (TPSA) is 99.9 Å². The van der Waals surface area contributed by atoms with E-state index in [0.29, 0.717) is 29.1 Å². The number of hydrogen-bond acceptors (Lipinski definition) is 6. The van der Waals surface area contributed by atoms with E-state index in [2.05, 4.69) is 15.0 Å². The molecule has 0 atom stereocenters. The van der Waals surface area contributed by atoms with Crippen LogP contribution in [-0.2, 0) is 6.42 Å². The third-order valence-electron chi connectivity index (χ3n) is 3.13. The molecule has 0 saturated carbocycles. The molecule has 0 saturated heterocycles. The number of aromatic nitrogens is 3. The number of rotatable bonds is 4. The second-order valence-electron chi connectivity index (χ2n) is 4.57. The molecule has 0 amide bonds. The van der Waals surface area contributed by atoms with E-state index in [1.165, 1.54) is 5.56 Å². The molecule has 0 spiro atoms. The molecule has 6 heteroatoms. The largest absolute Gasteiger partial charge is 0.492 e. The van der Waals surface area contributed by atoms with Crippen molar-refractivity contribution in [1.82, 2.24) is 15.0 Å². The molecule has 106 valence electrons. The van der Waals surface area contributed by atoms with Gasteiger partial charge in [0.1, 0.15) is 11.6 Å². The van der Waals surface area contributed by atoms with E-state index in [1.807, 2.05) is 30.3 Å². The molecule has 0 bridgehead atoms. The van der Waals surface area contributed by atoms with Crippen molar-refractivity contribution in [2.45, 2.75) is 6.42 Å². The highest BCUT2D eigenvalue weighted by atomic mass is 16.5. The summed E-state index contributed by atoms with van der Waals surface area (Å²) in [5.74, 6) is 1.16. The van der Waals surface area contributed by atoms with Gasteiger partial charge in [-0.05, 0) is 29.8 Å². The summed E-state index contributed by atoms with van der Waals surface area (Å²) in [5, 5.41) is 0.696. The maximum Gasteiger partial charge on any atom is 0.222 e. The molecule has 0 unspecified atom stereocenters. The predicted molar refractivity (Wildman–Crippen MR) is 81.8 cm³/mol. The summed E-state index contributed by atoms with van der Waals surface area (Å²) in [6.45, 7) is 0.535. The first kappa shape index (κ1) is 13.1. The summed E-state index contributed by atoms with van der Waals surface area (Å²) in [4.78, 5) is 12.1. The Hall–Kier alpha value is -2.89. The predicted octanol–water partition coefficient (Wildman–Crippen LogP) is 1.81. The molecule has 4 N–H and O–H groups in total. The molecule has 2 aromatic heterocycles. The van der Waals surface area contributed by atoms with Crippen LogP contribution in [0.4, 0.5) is 11.8 Å². The zero-order valence-electron chi connectivity index (χ0n) is 11.4. The van der Waals surface area contributed by atoms with Crippen molar-refractivity contribution in [1.29, 1.82) is 0 Å². The molecule has 21 heavy (non-hydrogen) atoms.